The molecule has 0 aliphatic carbocycles. The number of nitrogens with zero attached hydrogens (tertiary/aromatic N) is 2. The number of aryl methyl sites for hydroxylation is 1. The standard InChI is InChI=1S/C14H12N2O5/c1-10-13(8-7-12(15-10)9-20-16(18)19)21-14(17)11-5-3-2-4-6-11/h2-8H,9H2,1H3. The van der Waals surface area contributed by atoms with Crippen LogP contribution in [0.5, 0.6) is 5.75 Å². The number of aromatic nitrogens is 1. The first kappa shape index (κ1) is 14.4. The van der Waals surface area contributed by atoms with Crippen molar-refractivity contribution in [1.29, 1.82) is 0 Å². The monoisotopic (exact) mass is 288 g/mol. The quantitative estimate of drug-likeness (QED) is 0.476. The molecule has 2 rings (SSSR count). The van der Waals surface area contributed by atoms with Gasteiger partial charge in [-0.1, -0.05) is 18.2 Å². The third kappa shape index (κ3) is 4.00. The Labute approximate surface area is 120 Å². The second-order valence-corrected chi connectivity index (χ2v) is 4.14. The number of carbonyl (C=O) groups excluding carboxylic acids is 1. The molecule has 0 saturated heterocycles. The molecule has 0 aliphatic heterocycles. The maximum Gasteiger partial charge on any atom is 0.343 e. The summed E-state index contributed by atoms with van der Waals surface area (Å²) in [6.07, 6.45) is 0. The molecule has 108 valence electrons. The van der Waals surface area contributed by atoms with Gasteiger partial charge in [-0.2, -0.15) is 0 Å². The molecule has 1 aromatic carbocycles. The van der Waals surface area contributed by atoms with Gasteiger partial charge in [0, 0.05) is 0 Å². The van der Waals surface area contributed by atoms with Gasteiger partial charge in [-0.25, -0.2) is 4.79 Å². The third-order valence-electron chi connectivity index (χ3n) is 2.62. The van der Waals surface area contributed by atoms with E-state index < -0.39 is 11.1 Å². The van der Waals surface area contributed by atoms with E-state index in [0.717, 1.165) is 0 Å². The molecule has 0 spiro atoms. The maximum atomic E-state index is 11.9. The Hall–Kier alpha value is -2.96. The number of hydrogen-bond donors (Lipinski definition) is 0. The molecule has 1 heterocycles. The van der Waals surface area contributed by atoms with Gasteiger partial charge in [-0.15, -0.1) is 10.1 Å². The van der Waals surface area contributed by atoms with Gasteiger partial charge in [0.25, 0.3) is 5.09 Å². The van der Waals surface area contributed by atoms with Gasteiger partial charge in [0.05, 0.1) is 17.0 Å². The number of rotatable bonds is 5. The van der Waals surface area contributed by atoms with Gasteiger partial charge >= 0.3 is 5.97 Å². The highest BCUT2D eigenvalue weighted by molar-refractivity contribution is 5.91. The Kier molecular flexibility index (Phi) is 4.45. The maximum absolute atomic E-state index is 11.9. The zero-order valence-corrected chi connectivity index (χ0v) is 11.2. The van der Waals surface area contributed by atoms with Crippen LogP contribution >= 0.6 is 0 Å². The Bertz CT molecular complexity index is 658. The highest BCUT2D eigenvalue weighted by atomic mass is 16.9. The van der Waals surface area contributed by atoms with Gasteiger partial charge in [0.2, 0.25) is 0 Å². The summed E-state index contributed by atoms with van der Waals surface area (Å²) < 4.78 is 5.24. The molecule has 7 nitrogen and oxygen atoms in total. The number of ether oxygens (including phenoxy) is 1. The number of pyridine rings is 1. The fourth-order valence-electron chi connectivity index (χ4n) is 1.64. The molecule has 0 radical (unpaired) electrons. The van der Waals surface area contributed by atoms with Crippen LogP contribution in [0.4, 0.5) is 0 Å². The lowest BCUT2D eigenvalue weighted by Crippen LogP contribution is -2.10. The van der Waals surface area contributed by atoms with E-state index in [-0.39, 0.29) is 6.61 Å². The Morgan fingerprint density at radius 1 is 1.24 bits per heavy atom. The molecule has 0 amide bonds. The normalized spacial score (nSPS) is 9.95. The lowest BCUT2D eigenvalue weighted by Gasteiger charge is -2.08. The summed E-state index contributed by atoms with van der Waals surface area (Å²) in [7, 11) is 0. The van der Waals surface area contributed by atoms with E-state index in [1.807, 2.05) is 0 Å². The lowest BCUT2D eigenvalue weighted by atomic mass is 10.2. The smallest absolute Gasteiger partial charge is 0.343 e. The first-order valence-corrected chi connectivity index (χ1v) is 6.07. The molecule has 0 bridgehead atoms. The minimum Gasteiger partial charge on any atom is -0.421 e. The summed E-state index contributed by atoms with van der Waals surface area (Å²) in [6, 6.07) is 11.6. The molecule has 2 aromatic rings. The highest BCUT2D eigenvalue weighted by Gasteiger charge is 2.11. The largest absolute Gasteiger partial charge is 0.421 e. The molecular formula is C14H12N2O5. The van der Waals surface area contributed by atoms with Crippen LogP contribution < -0.4 is 4.74 Å². The van der Waals surface area contributed by atoms with Gasteiger partial charge in [-0.3, -0.25) is 4.98 Å². The van der Waals surface area contributed by atoms with Crippen molar-refractivity contribution in [2.75, 3.05) is 0 Å². The van der Waals surface area contributed by atoms with Gasteiger partial charge in [0.1, 0.15) is 6.61 Å². The highest BCUT2D eigenvalue weighted by Crippen LogP contribution is 2.18. The SMILES string of the molecule is Cc1nc(CO[N+](=O)[O-])ccc1OC(=O)c1ccccc1. The van der Waals surface area contributed by atoms with E-state index in [4.69, 9.17) is 4.74 Å². The summed E-state index contributed by atoms with van der Waals surface area (Å²) in [5.74, 6) is -0.191. The molecule has 21 heavy (non-hydrogen) atoms. The summed E-state index contributed by atoms with van der Waals surface area (Å²) in [6.45, 7) is 1.39. The number of hydrogen-bond acceptors (Lipinski definition) is 6. The van der Waals surface area contributed by atoms with E-state index in [1.54, 1.807) is 37.3 Å². The third-order valence-corrected chi connectivity index (χ3v) is 2.62. The van der Waals surface area contributed by atoms with Crippen molar-refractivity contribution in [3.05, 3.63) is 69.5 Å². The van der Waals surface area contributed by atoms with Gasteiger partial charge < -0.3 is 9.57 Å². The van der Waals surface area contributed by atoms with Crippen LogP contribution in [0.1, 0.15) is 21.7 Å². The summed E-state index contributed by atoms with van der Waals surface area (Å²) in [5, 5.41) is 9.22. The van der Waals surface area contributed by atoms with Crippen molar-refractivity contribution < 1.29 is 19.5 Å². The Balaban J connectivity index is 2.07. The van der Waals surface area contributed by atoms with E-state index in [1.165, 1.54) is 12.1 Å². The second kappa shape index (κ2) is 6.47. The predicted molar refractivity (Wildman–Crippen MR) is 72.2 cm³/mol. The van der Waals surface area contributed by atoms with Crippen molar-refractivity contribution in [2.24, 2.45) is 0 Å². The van der Waals surface area contributed by atoms with E-state index in [9.17, 15) is 14.9 Å². The minimum absolute atomic E-state index is 0.249. The van der Waals surface area contributed by atoms with Crippen LogP contribution in [-0.4, -0.2) is 16.0 Å². The molecule has 0 unspecified atom stereocenters. The summed E-state index contributed by atoms with van der Waals surface area (Å²) in [4.78, 5) is 30.3. The first-order chi connectivity index (χ1) is 10.1. The number of carbonyl (C=O) groups is 1. The van der Waals surface area contributed by atoms with Crippen molar-refractivity contribution in [3.8, 4) is 5.75 Å². The summed E-state index contributed by atoms with van der Waals surface area (Å²) >= 11 is 0. The van der Waals surface area contributed by atoms with Gasteiger partial charge in [0.15, 0.2) is 5.75 Å². The van der Waals surface area contributed by atoms with Crippen LogP contribution in [-0.2, 0) is 11.4 Å². The molecule has 0 fully saturated rings. The topological polar surface area (TPSA) is 91.6 Å². The Morgan fingerprint density at radius 3 is 2.57 bits per heavy atom. The molecule has 1 aromatic heterocycles. The Morgan fingerprint density at radius 2 is 1.95 bits per heavy atom. The van der Waals surface area contributed by atoms with E-state index >= 15 is 0 Å². The van der Waals surface area contributed by atoms with Gasteiger partial charge in [-0.05, 0) is 31.2 Å². The average Bonchev–Trinajstić information content (AvgIpc) is 2.48. The van der Waals surface area contributed by atoms with Crippen LogP contribution in [0.25, 0.3) is 0 Å². The zero-order valence-electron chi connectivity index (χ0n) is 11.2. The lowest BCUT2D eigenvalue weighted by molar-refractivity contribution is -0.763. The molecule has 0 saturated carbocycles. The fourth-order valence-corrected chi connectivity index (χ4v) is 1.64. The zero-order chi connectivity index (χ0) is 15.2. The molecule has 0 atom stereocenters. The van der Waals surface area contributed by atoms with Crippen molar-refractivity contribution in [3.63, 3.8) is 0 Å². The minimum atomic E-state index is -0.889. The fraction of sp³-hybridized carbons (Fsp3) is 0.143. The second-order valence-electron chi connectivity index (χ2n) is 4.14. The molecule has 0 N–H and O–H groups in total. The summed E-state index contributed by atoms with van der Waals surface area (Å²) in [5.41, 5.74) is 1.25. The van der Waals surface area contributed by atoms with E-state index in [2.05, 4.69) is 9.82 Å². The van der Waals surface area contributed by atoms with Crippen molar-refractivity contribution >= 4 is 5.97 Å². The van der Waals surface area contributed by atoms with Crippen LogP contribution in [0.3, 0.4) is 0 Å². The first-order valence-electron chi connectivity index (χ1n) is 6.07. The van der Waals surface area contributed by atoms with Crippen molar-refractivity contribution in [1.82, 2.24) is 4.98 Å². The molecular weight excluding hydrogens is 276 g/mol. The van der Waals surface area contributed by atoms with Crippen LogP contribution in [0.15, 0.2) is 42.5 Å². The van der Waals surface area contributed by atoms with Crippen LogP contribution in [0, 0.1) is 17.0 Å². The molecule has 7 heteroatoms. The molecule has 0 aliphatic rings. The van der Waals surface area contributed by atoms with E-state index in [0.29, 0.717) is 22.7 Å². The number of benzene rings is 1. The predicted octanol–water partition coefficient (Wildman–Crippen LogP) is 2.32. The average molecular weight is 288 g/mol. The van der Waals surface area contributed by atoms with Crippen LogP contribution in [0.2, 0.25) is 0 Å². The van der Waals surface area contributed by atoms with Crippen molar-refractivity contribution in [2.45, 2.75) is 13.5 Å². The number of esters is 1.